The summed E-state index contributed by atoms with van der Waals surface area (Å²) >= 11 is 0. The fourth-order valence-corrected chi connectivity index (χ4v) is 2.38. The van der Waals surface area contributed by atoms with Crippen LogP contribution in [0.3, 0.4) is 0 Å². The zero-order valence-electron chi connectivity index (χ0n) is 12.1. The summed E-state index contributed by atoms with van der Waals surface area (Å²) in [7, 11) is 0. The number of hydrogen-bond acceptors (Lipinski definition) is 2. The number of nitrogens with one attached hydrogen (secondary N) is 2. The fraction of sp³-hybridized carbons (Fsp3) is 0.692. The van der Waals surface area contributed by atoms with Crippen LogP contribution < -0.4 is 10.6 Å². The second-order valence-electron chi connectivity index (χ2n) is 4.85. The average molecular weight is 413 g/mol. The third-order valence-corrected chi connectivity index (χ3v) is 3.38. The topological polar surface area (TPSA) is 54.2 Å². The van der Waals surface area contributed by atoms with Crippen molar-refractivity contribution >= 4 is 29.9 Å². The van der Waals surface area contributed by atoms with Crippen molar-refractivity contribution in [3.05, 3.63) is 18.2 Å². The van der Waals surface area contributed by atoms with E-state index in [0.717, 1.165) is 24.0 Å². The first-order chi connectivity index (χ1) is 9.70. The zero-order chi connectivity index (χ0) is 14.4. The second-order valence-corrected chi connectivity index (χ2v) is 4.85. The molecule has 21 heavy (non-hydrogen) atoms. The van der Waals surface area contributed by atoms with Crippen molar-refractivity contribution in [3.63, 3.8) is 0 Å². The quantitative estimate of drug-likeness (QED) is 0.444. The van der Waals surface area contributed by atoms with Gasteiger partial charge in [0.05, 0.1) is 0 Å². The monoisotopic (exact) mass is 413 g/mol. The molecule has 0 radical (unpaired) electrons. The molecule has 2 rings (SSSR count). The largest absolute Gasteiger partial charge is 0.357 e. The van der Waals surface area contributed by atoms with Crippen molar-refractivity contribution in [1.82, 2.24) is 20.2 Å². The van der Waals surface area contributed by atoms with E-state index in [4.69, 9.17) is 0 Å². The zero-order valence-corrected chi connectivity index (χ0v) is 14.4. The number of aliphatic imine (C=N–C) groups is 1. The second kappa shape index (κ2) is 9.16. The summed E-state index contributed by atoms with van der Waals surface area (Å²) in [6.07, 6.45) is 7.37. The van der Waals surface area contributed by atoms with Crippen LogP contribution in [0, 0.1) is 0 Å². The first-order valence-corrected chi connectivity index (χ1v) is 7.05. The number of alkyl halides is 2. The molecule has 0 bridgehead atoms. The van der Waals surface area contributed by atoms with Crippen molar-refractivity contribution in [2.45, 2.75) is 51.7 Å². The average Bonchev–Trinajstić information content (AvgIpc) is 3.07. The van der Waals surface area contributed by atoms with Gasteiger partial charge < -0.3 is 10.6 Å². The lowest BCUT2D eigenvalue weighted by atomic mass is 10.2. The normalized spacial score (nSPS) is 16.1. The molecule has 0 unspecified atom stereocenters. The lowest BCUT2D eigenvalue weighted by molar-refractivity contribution is 0.0671. The summed E-state index contributed by atoms with van der Waals surface area (Å²) in [6.45, 7) is 0.278. The van der Waals surface area contributed by atoms with Crippen molar-refractivity contribution in [1.29, 1.82) is 0 Å². The van der Waals surface area contributed by atoms with E-state index in [0.29, 0.717) is 12.0 Å². The summed E-state index contributed by atoms with van der Waals surface area (Å²) < 4.78 is 26.2. The van der Waals surface area contributed by atoms with E-state index in [2.05, 4.69) is 20.6 Å². The highest BCUT2D eigenvalue weighted by Gasteiger charge is 2.16. The van der Waals surface area contributed by atoms with Gasteiger partial charge in [0.25, 0.3) is 0 Å². The minimum Gasteiger partial charge on any atom is -0.357 e. The van der Waals surface area contributed by atoms with Crippen molar-refractivity contribution in [2.75, 3.05) is 6.54 Å². The van der Waals surface area contributed by atoms with E-state index in [1.54, 1.807) is 0 Å². The highest BCUT2D eigenvalue weighted by molar-refractivity contribution is 14.0. The number of imidazole rings is 1. The van der Waals surface area contributed by atoms with Crippen molar-refractivity contribution < 1.29 is 8.78 Å². The molecule has 0 spiro atoms. The van der Waals surface area contributed by atoms with Crippen LogP contribution in [-0.4, -0.2) is 28.1 Å². The van der Waals surface area contributed by atoms with E-state index in [1.807, 2.05) is 6.92 Å². The van der Waals surface area contributed by atoms with E-state index in [9.17, 15) is 8.78 Å². The van der Waals surface area contributed by atoms with E-state index >= 15 is 0 Å². The summed E-state index contributed by atoms with van der Waals surface area (Å²) in [6, 6.07) is 0.433. The highest BCUT2D eigenvalue weighted by atomic mass is 127. The van der Waals surface area contributed by atoms with Crippen molar-refractivity contribution in [3.8, 4) is 0 Å². The molecule has 1 aliphatic rings. The lowest BCUT2D eigenvalue weighted by Crippen LogP contribution is -2.42. The smallest absolute Gasteiger partial charge is 0.319 e. The molecule has 1 heterocycles. The molecule has 0 amide bonds. The lowest BCUT2D eigenvalue weighted by Gasteiger charge is -2.16. The highest BCUT2D eigenvalue weighted by Crippen LogP contribution is 2.17. The van der Waals surface area contributed by atoms with Gasteiger partial charge in [-0.3, -0.25) is 4.57 Å². The Morgan fingerprint density at radius 3 is 2.81 bits per heavy atom. The van der Waals surface area contributed by atoms with Crippen LogP contribution in [-0.2, 0) is 6.54 Å². The third kappa shape index (κ3) is 5.40. The standard InChI is InChI=1S/C13H21F2N5.HI/c1-2-16-13(19-10-5-3-4-6-10)18-9-11-17-7-8-20(11)12(14)15;/h7-8,10,12H,2-6,9H2,1H3,(H2,16,18,19);1H. The molecule has 0 atom stereocenters. The molecular weight excluding hydrogens is 391 g/mol. The van der Waals surface area contributed by atoms with Gasteiger partial charge >= 0.3 is 6.55 Å². The maximum absolute atomic E-state index is 12.7. The summed E-state index contributed by atoms with van der Waals surface area (Å²) in [5, 5.41) is 6.48. The van der Waals surface area contributed by atoms with E-state index < -0.39 is 6.55 Å². The van der Waals surface area contributed by atoms with Gasteiger partial charge in [0.1, 0.15) is 12.4 Å². The Kier molecular flexibility index (Phi) is 7.91. The third-order valence-electron chi connectivity index (χ3n) is 3.38. The minimum atomic E-state index is -2.58. The van der Waals surface area contributed by atoms with Crippen LogP contribution in [0.2, 0.25) is 0 Å². The van der Waals surface area contributed by atoms with Crippen LogP contribution >= 0.6 is 24.0 Å². The van der Waals surface area contributed by atoms with Gasteiger partial charge in [-0.05, 0) is 19.8 Å². The summed E-state index contributed by atoms with van der Waals surface area (Å²) in [5.74, 6) is 0.937. The Morgan fingerprint density at radius 2 is 2.19 bits per heavy atom. The van der Waals surface area contributed by atoms with Crippen LogP contribution in [0.15, 0.2) is 17.4 Å². The maximum Gasteiger partial charge on any atom is 0.319 e. The van der Waals surface area contributed by atoms with Crippen LogP contribution in [0.25, 0.3) is 0 Å². The number of hydrogen-bond donors (Lipinski definition) is 2. The van der Waals surface area contributed by atoms with Crippen LogP contribution in [0.4, 0.5) is 8.78 Å². The van der Waals surface area contributed by atoms with E-state index in [1.165, 1.54) is 25.2 Å². The predicted molar refractivity (Wildman–Crippen MR) is 89.1 cm³/mol. The molecule has 120 valence electrons. The first kappa shape index (κ1) is 18.1. The van der Waals surface area contributed by atoms with Gasteiger partial charge in [-0.2, -0.15) is 8.78 Å². The van der Waals surface area contributed by atoms with Gasteiger partial charge in [0.15, 0.2) is 5.96 Å². The van der Waals surface area contributed by atoms with Gasteiger partial charge in [-0.15, -0.1) is 24.0 Å². The van der Waals surface area contributed by atoms with E-state index in [-0.39, 0.29) is 36.3 Å². The van der Waals surface area contributed by atoms with Gasteiger partial charge in [-0.25, -0.2) is 9.98 Å². The molecule has 1 aromatic rings. The Labute approximate surface area is 140 Å². The first-order valence-electron chi connectivity index (χ1n) is 7.05. The molecule has 1 fully saturated rings. The van der Waals surface area contributed by atoms with Gasteiger partial charge in [0, 0.05) is 25.0 Å². The van der Waals surface area contributed by atoms with Crippen LogP contribution in [0.5, 0.6) is 0 Å². The molecule has 1 aromatic heterocycles. The van der Waals surface area contributed by atoms with Gasteiger partial charge in [0.2, 0.25) is 0 Å². The molecule has 2 N–H and O–H groups in total. The minimum absolute atomic E-state index is 0. The number of nitrogens with zero attached hydrogens (tertiary/aromatic N) is 3. The maximum atomic E-state index is 12.7. The fourth-order valence-electron chi connectivity index (χ4n) is 2.38. The Morgan fingerprint density at radius 1 is 1.48 bits per heavy atom. The molecule has 1 saturated carbocycles. The summed E-state index contributed by atoms with van der Waals surface area (Å²) in [5.41, 5.74) is 0. The molecule has 0 saturated heterocycles. The molecule has 1 aliphatic carbocycles. The Bertz CT molecular complexity index is 444. The summed E-state index contributed by atoms with van der Waals surface area (Å²) in [4.78, 5) is 8.26. The Hall–Kier alpha value is -0.930. The van der Waals surface area contributed by atoms with Gasteiger partial charge in [-0.1, -0.05) is 12.8 Å². The predicted octanol–water partition coefficient (Wildman–Crippen LogP) is 2.89. The molecule has 8 heteroatoms. The number of guanidine groups is 1. The van der Waals surface area contributed by atoms with Crippen molar-refractivity contribution in [2.24, 2.45) is 4.99 Å². The number of halogens is 3. The number of aromatic nitrogens is 2. The van der Waals surface area contributed by atoms with Crippen LogP contribution in [0.1, 0.15) is 45.0 Å². The number of rotatable bonds is 5. The molecular formula is C13H22F2IN5. The SMILES string of the molecule is CCNC(=NCc1nccn1C(F)F)NC1CCCC1.I. The molecule has 5 nitrogen and oxygen atoms in total. The Balaban J connectivity index is 0.00000220. The molecule has 0 aromatic carbocycles. The molecule has 0 aliphatic heterocycles.